The van der Waals surface area contributed by atoms with Gasteiger partial charge in [0.2, 0.25) is 0 Å². The average Bonchev–Trinajstić information content (AvgIpc) is 2.41. The molecule has 3 heteroatoms. The van der Waals surface area contributed by atoms with Gasteiger partial charge in [0.25, 0.3) is 0 Å². The number of aromatic nitrogens is 1. The van der Waals surface area contributed by atoms with Gasteiger partial charge in [0.05, 0.1) is 0 Å². The Bertz CT molecular complexity index is 510. The molecule has 1 heterocycles. The van der Waals surface area contributed by atoms with Crippen LogP contribution in [0.4, 0.5) is 0 Å². The Hall–Kier alpha value is -1.71. The van der Waals surface area contributed by atoms with Crippen LogP contribution in [0.5, 0.6) is 0 Å². The highest BCUT2D eigenvalue weighted by Crippen LogP contribution is 2.19. The number of aryl methyl sites for hydroxylation is 1. The SMILES string of the molecule is Cc1cccc(CN(C)C(CN)c2ccncc2)c1. The lowest BCUT2D eigenvalue weighted by atomic mass is 10.1. The molecule has 0 saturated carbocycles. The summed E-state index contributed by atoms with van der Waals surface area (Å²) in [5.41, 5.74) is 9.75. The number of hydrogen-bond donors (Lipinski definition) is 1. The molecule has 2 rings (SSSR count). The topological polar surface area (TPSA) is 42.1 Å². The molecule has 0 aliphatic rings. The van der Waals surface area contributed by atoms with E-state index in [1.54, 1.807) is 0 Å². The van der Waals surface area contributed by atoms with E-state index in [0.29, 0.717) is 6.54 Å². The van der Waals surface area contributed by atoms with Gasteiger partial charge in [-0.2, -0.15) is 0 Å². The molecule has 0 spiro atoms. The molecule has 3 nitrogen and oxygen atoms in total. The van der Waals surface area contributed by atoms with E-state index in [0.717, 1.165) is 6.54 Å². The minimum absolute atomic E-state index is 0.225. The maximum Gasteiger partial charge on any atom is 0.0472 e. The van der Waals surface area contributed by atoms with Crippen LogP contribution in [0.2, 0.25) is 0 Å². The lowest BCUT2D eigenvalue weighted by molar-refractivity contribution is 0.241. The molecule has 0 fully saturated rings. The first kappa shape index (κ1) is 13.7. The second kappa shape index (κ2) is 6.45. The normalized spacial score (nSPS) is 12.6. The summed E-state index contributed by atoms with van der Waals surface area (Å²) >= 11 is 0. The van der Waals surface area contributed by atoms with Gasteiger partial charge in [-0.05, 0) is 37.2 Å². The molecule has 0 bridgehead atoms. The van der Waals surface area contributed by atoms with E-state index >= 15 is 0 Å². The monoisotopic (exact) mass is 255 g/mol. The number of hydrogen-bond acceptors (Lipinski definition) is 3. The van der Waals surface area contributed by atoms with Gasteiger partial charge in [0.1, 0.15) is 0 Å². The van der Waals surface area contributed by atoms with Crippen molar-refractivity contribution in [3.05, 3.63) is 65.5 Å². The molecule has 2 aromatic rings. The quantitative estimate of drug-likeness (QED) is 0.892. The molecule has 19 heavy (non-hydrogen) atoms. The second-order valence-electron chi connectivity index (χ2n) is 4.94. The van der Waals surface area contributed by atoms with Gasteiger partial charge in [-0.3, -0.25) is 9.88 Å². The first-order chi connectivity index (χ1) is 9.20. The van der Waals surface area contributed by atoms with E-state index in [1.807, 2.05) is 24.5 Å². The highest BCUT2D eigenvalue weighted by molar-refractivity contribution is 5.23. The third-order valence-electron chi connectivity index (χ3n) is 3.36. The minimum atomic E-state index is 0.225. The number of likely N-dealkylation sites (N-methyl/N-ethyl adjacent to an activating group) is 1. The van der Waals surface area contributed by atoms with Crippen LogP contribution in [0.3, 0.4) is 0 Å². The predicted octanol–water partition coefficient (Wildman–Crippen LogP) is 2.52. The van der Waals surface area contributed by atoms with Gasteiger partial charge < -0.3 is 5.73 Å². The van der Waals surface area contributed by atoms with Crippen LogP contribution in [-0.4, -0.2) is 23.5 Å². The largest absolute Gasteiger partial charge is 0.329 e. The molecule has 0 amide bonds. The predicted molar refractivity (Wildman–Crippen MR) is 78.7 cm³/mol. The number of benzene rings is 1. The van der Waals surface area contributed by atoms with Gasteiger partial charge in [0, 0.05) is 31.5 Å². The molecule has 2 N–H and O–H groups in total. The average molecular weight is 255 g/mol. The summed E-state index contributed by atoms with van der Waals surface area (Å²) in [6.07, 6.45) is 3.64. The molecule has 0 radical (unpaired) electrons. The smallest absolute Gasteiger partial charge is 0.0472 e. The van der Waals surface area contributed by atoms with Crippen molar-refractivity contribution in [1.82, 2.24) is 9.88 Å². The van der Waals surface area contributed by atoms with E-state index in [4.69, 9.17) is 5.73 Å². The van der Waals surface area contributed by atoms with Gasteiger partial charge in [0.15, 0.2) is 0 Å². The maximum atomic E-state index is 5.93. The van der Waals surface area contributed by atoms with E-state index in [-0.39, 0.29) is 6.04 Å². The second-order valence-corrected chi connectivity index (χ2v) is 4.94. The Morgan fingerprint density at radius 1 is 1.21 bits per heavy atom. The summed E-state index contributed by atoms with van der Waals surface area (Å²) < 4.78 is 0. The molecule has 1 aromatic carbocycles. The number of pyridine rings is 1. The Labute approximate surface area is 115 Å². The Balaban J connectivity index is 2.11. The van der Waals surface area contributed by atoms with Gasteiger partial charge in [-0.25, -0.2) is 0 Å². The molecule has 1 unspecified atom stereocenters. The van der Waals surface area contributed by atoms with Crippen LogP contribution in [0.25, 0.3) is 0 Å². The maximum absolute atomic E-state index is 5.93. The Morgan fingerprint density at radius 3 is 2.58 bits per heavy atom. The molecule has 0 aliphatic heterocycles. The van der Waals surface area contributed by atoms with Gasteiger partial charge in [-0.1, -0.05) is 29.8 Å². The zero-order chi connectivity index (χ0) is 13.7. The van der Waals surface area contributed by atoms with Crippen LogP contribution >= 0.6 is 0 Å². The third-order valence-corrected chi connectivity index (χ3v) is 3.36. The van der Waals surface area contributed by atoms with Crippen molar-refractivity contribution in [3.8, 4) is 0 Å². The van der Waals surface area contributed by atoms with E-state index in [1.165, 1.54) is 16.7 Å². The van der Waals surface area contributed by atoms with Crippen LogP contribution in [-0.2, 0) is 6.54 Å². The lowest BCUT2D eigenvalue weighted by Gasteiger charge is -2.27. The minimum Gasteiger partial charge on any atom is -0.329 e. The van der Waals surface area contributed by atoms with Crippen molar-refractivity contribution in [2.75, 3.05) is 13.6 Å². The number of rotatable bonds is 5. The van der Waals surface area contributed by atoms with Crippen molar-refractivity contribution >= 4 is 0 Å². The van der Waals surface area contributed by atoms with E-state index < -0.39 is 0 Å². The summed E-state index contributed by atoms with van der Waals surface area (Å²) in [6, 6.07) is 12.9. The highest BCUT2D eigenvalue weighted by Gasteiger charge is 2.15. The Kier molecular flexibility index (Phi) is 4.66. The van der Waals surface area contributed by atoms with Crippen LogP contribution in [0.15, 0.2) is 48.8 Å². The molecular weight excluding hydrogens is 234 g/mol. The fourth-order valence-corrected chi connectivity index (χ4v) is 2.36. The fraction of sp³-hybridized carbons (Fsp3) is 0.312. The third kappa shape index (κ3) is 3.63. The summed E-state index contributed by atoms with van der Waals surface area (Å²) in [7, 11) is 2.11. The summed E-state index contributed by atoms with van der Waals surface area (Å²) in [5, 5.41) is 0. The van der Waals surface area contributed by atoms with E-state index in [9.17, 15) is 0 Å². The summed E-state index contributed by atoms with van der Waals surface area (Å²) in [6.45, 7) is 3.62. The van der Waals surface area contributed by atoms with Crippen molar-refractivity contribution in [3.63, 3.8) is 0 Å². The standard InChI is InChI=1S/C16H21N3/c1-13-4-3-5-14(10-13)12-19(2)16(11-17)15-6-8-18-9-7-15/h3-10,16H,11-12,17H2,1-2H3. The first-order valence-electron chi connectivity index (χ1n) is 6.56. The van der Waals surface area contributed by atoms with Crippen molar-refractivity contribution < 1.29 is 0 Å². The van der Waals surface area contributed by atoms with Crippen LogP contribution in [0.1, 0.15) is 22.7 Å². The fourth-order valence-electron chi connectivity index (χ4n) is 2.36. The Morgan fingerprint density at radius 2 is 1.95 bits per heavy atom. The van der Waals surface area contributed by atoms with Crippen LogP contribution < -0.4 is 5.73 Å². The molecule has 100 valence electrons. The zero-order valence-corrected chi connectivity index (χ0v) is 11.6. The zero-order valence-electron chi connectivity index (χ0n) is 11.6. The van der Waals surface area contributed by atoms with E-state index in [2.05, 4.69) is 48.1 Å². The van der Waals surface area contributed by atoms with Gasteiger partial charge >= 0.3 is 0 Å². The molecule has 0 saturated heterocycles. The first-order valence-corrected chi connectivity index (χ1v) is 6.56. The van der Waals surface area contributed by atoms with Crippen LogP contribution in [0, 0.1) is 6.92 Å². The van der Waals surface area contributed by atoms with Crippen molar-refractivity contribution in [2.45, 2.75) is 19.5 Å². The number of nitrogens with two attached hydrogens (primary N) is 1. The highest BCUT2D eigenvalue weighted by atomic mass is 15.1. The molecule has 1 aromatic heterocycles. The molecule has 0 aliphatic carbocycles. The summed E-state index contributed by atoms with van der Waals surface area (Å²) in [4.78, 5) is 6.34. The van der Waals surface area contributed by atoms with Gasteiger partial charge in [-0.15, -0.1) is 0 Å². The molecular formula is C16H21N3. The lowest BCUT2D eigenvalue weighted by Crippen LogP contribution is -2.30. The number of nitrogens with zero attached hydrogens (tertiary/aromatic N) is 2. The molecule has 1 atom stereocenters. The van der Waals surface area contributed by atoms with Crippen molar-refractivity contribution in [1.29, 1.82) is 0 Å². The summed E-state index contributed by atoms with van der Waals surface area (Å²) in [5.74, 6) is 0. The van der Waals surface area contributed by atoms with Crippen molar-refractivity contribution in [2.24, 2.45) is 5.73 Å².